The average Bonchev–Trinajstić information content (AvgIpc) is 2.82. The van der Waals surface area contributed by atoms with Gasteiger partial charge in [-0.15, -0.1) is 0 Å². The summed E-state index contributed by atoms with van der Waals surface area (Å²) in [7, 11) is 1.71. The minimum Gasteiger partial charge on any atom is -0.435 e. The van der Waals surface area contributed by atoms with E-state index in [1.807, 2.05) is 6.92 Å². The van der Waals surface area contributed by atoms with Crippen LogP contribution in [0.3, 0.4) is 0 Å². The molecule has 0 aromatic carbocycles. The van der Waals surface area contributed by atoms with Crippen molar-refractivity contribution in [3.8, 4) is 0 Å². The molecule has 0 spiro atoms. The summed E-state index contributed by atoms with van der Waals surface area (Å²) in [6.07, 6.45) is 0.650. The largest absolute Gasteiger partial charge is 0.435 e. The Kier molecular flexibility index (Phi) is 3.14. The lowest BCUT2D eigenvalue weighted by Gasteiger charge is -2.01. The molecule has 2 aromatic rings. The monoisotopic (exact) mass is 249 g/mol. The molecule has 0 fully saturated rings. The first kappa shape index (κ1) is 12.3. The first-order chi connectivity index (χ1) is 8.51. The summed E-state index contributed by atoms with van der Waals surface area (Å²) in [4.78, 5) is 20.2. The van der Waals surface area contributed by atoms with Gasteiger partial charge < -0.3 is 4.42 Å². The number of carbonyl (C=O) groups excluding carboxylic acids is 1. The van der Waals surface area contributed by atoms with Gasteiger partial charge in [-0.1, -0.05) is 6.92 Å². The highest BCUT2D eigenvalue weighted by atomic mass is 16.4. The summed E-state index contributed by atoms with van der Waals surface area (Å²) >= 11 is 0. The molecular weight excluding hydrogens is 234 g/mol. The normalized spacial score (nSPS) is 10.7. The number of nitrogens with one attached hydrogen (secondary N) is 1. The number of aryl methyl sites for hydroxylation is 4. The number of anilines is 1. The van der Waals surface area contributed by atoms with Crippen molar-refractivity contribution in [2.75, 3.05) is 5.32 Å². The fraction of sp³-hybridized carbons (Fsp3) is 0.455. The van der Waals surface area contributed by atoms with Gasteiger partial charge in [-0.2, -0.15) is 10.1 Å². The quantitative estimate of drug-likeness (QED) is 0.884. The van der Waals surface area contributed by atoms with E-state index in [4.69, 9.17) is 4.42 Å². The molecule has 0 saturated heterocycles. The van der Waals surface area contributed by atoms with Gasteiger partial charge in [-0.05, 0) is 13.8 Å². The van der Waals surface area contributed by atoms with Crippen molar-refractivity contribution in [3.05, 3.63) is 23.2 Å². The molecular formula is C11H15N5O2. The number of rotatable bonds is 3. The minimum atomic E-state index is -0.366. The first-order valence-corrected chi connectivity index (χ1v) is 5.66. The van der Waals surface area contributed by atoms with E-state index in [0.29, 0.717) is 29.8 Å². The van der Waals surface area contributed by atoms with Crippen molar-refractivity contribution in [1.29, 1.82) is 0 Å². The van der Waals surface area contributed by atoms with Crippen LogP contribution in [0.4, 0.5) is 5.95 Å². The van der Waals surface area contributed by atoms with E-state index in [1.54, 1.807) is 20.9 Å². The summed E-state index contributed by atoms with van der Waals surface area (Å²) in [6, 6.07) is 0. The van der Waals surface area contributed by atoms with Gasteiger partial charge in [0.1, 0.15) is 5.82 Å². The van der Waals surface area contributed by atoms with E-state index in [0.717, 1.165) is 0 Å². The Bertz CT molecular complexity index is 584. The molecule has 18 heavy (non-hydrogen) atoms. The van der Waals surface area contributed by atoms with E-state index >= 15 is 0 Å². The summed E-state index contributed by atoms with van der Waals surface area (Å²) in [5.74, 6) is 1.37. The van der Waals surface area contributed by atoms with Crippen molar-refractivity contribution in [2.24, 2.45) is 7.05 Å². The first-order valence-electron chi connectivity index (χ1n) is 5.66. The van der Waals surface area contributed by atoms with Crippen molar-refractivity contribution in [2.45, 2.75) is 27.2 Å². The van der Waals surface area contributed by atoms with Gasteiger partial charge >= 0.3 is 0 Å². The third kappa shape index (κ3) is 2.24. The Balaban J connectivity index is 2.21. The maximum absolute atomic E-state index is 12.0. The maximum atomic E-state index is 12.0. The highest BCUT2D eigenvalue weighted by Crippen LogP contribution is 2.13. The molecule has 0 aliphatic rings. The molecule has 1 amide bonds. The highest BCUT2D eigenvalue weighted by Gasteiger charge is 2.18. The number of hydrogen-bond donors (Lipinski definition) is 1. The lowest BCUT2D eigenvalue weighted by molar-refractivity contribution is 0.0993. The molecule has 0 atom stereocenters. The third-order valence-corrected chi connectivity index (χ3v) is 2.44. The zero-order valence-corrected chi connectivity index (χ0v) is 10.8. The van der Waals surface area contributed by atoms with Crippen molar-refractivity contribution >= 4 is 11.9 Å². The number of amides is 1. The standard InChI is InChI=1S/C11H15N5O2/c1-5-8-12-6(2)9(18-8)10(17)14-11-13-7(3)15-16(11)4/h5H2,1-4H3,(H,13,14,15,17). The Hall–Kier alpha value is -2.18. The van der Waals surface area contributed by atoms with E-state index in [1.165, 1.54) is 4.68 Å². The second-order valence-corrected chi connectivity index (χ2v) is 3.94. The maximum Gasteiger partial charge on any atom is 0.295 e. The lowest BCUT2D eigenvalue weighted by Crippen LogP contribution is -2.15. The molecule has 7 nitrogen and oxygen atoms in total. The van der Waals surface area contributed by atoms with E-state index in [-0.39, 0.29) is 11.7 Å². The van der Waals surface area contributed by atoms with Gasteiger partial charge in [-0.25, -0.2) is 9.67 Å². The lowest BCUT2D eigenvalue weighted by atomic mass is 10.3. The summed E-state index contributed by atoms with van der Waals surface area (Å²) < 4.78 is 6.86. The molecule has 0 aliphatic heterocycles. The van der Waals surface area contributed by atoms with Crippen LogP contribution in [-0.4, -0.2) is 25.7 Å². The Morgan fingerprint density at radius 1 is 1.39 bits per heavy atom. The Labute approximate surface area is 104 Å². The molecule has 0 radical (unpaired) electrons. The van der Waals surface area contributed by atoms with Crippen LogP contribution >= 0.6 is 0 Å². The van der Waals surface area contributed by atoms with Gasteiger partial charge in [0.2, 0.25) is 11.7 Å². The molecule has 2 aromatic heterocycles. The molecule has 2 rings (SSSR count). The topological polar surface area (TPSA) is 85.8 Å². The number of carbonyl (C=O) groups is 1. The number of nitrogens with zero attached hydrogens (tertiary/aromatic N) is 4. The fourth-order valence-corrected chi connectivity index (χ4v) is 1.59. The fourth-order valence-electron chi connectivity index (χ4n) is 1.59. The van der Waals surface area contributed by atoms with Gasteiger partial charge in [0.25, 0.3) is 5.91 Å². The molecule has 0 unspecified atom stereocenters. The zero-order valence-electron chi connectivity index (χ0n) is 10.8. The molecule has 0 aliphatic carbocycles. The number of aromatic nitrogens is 4. The van der Waals surface area contributed by atoms with E-state index in [9.17, 15) is 4.79 Å². The predicted molar refractivity (Wildman–Crippen MR) is 64.3 cm³/mol. The van der Waals surface area contributed by atoms with Crippen molar-refractivity contribution in [1.82, 2.24) is 19.7 Å². The summed E-state index contributed by atoms with van der Waals surface area (Å²) in [5.41, 5.74) is 0.572. The second-order valence-electron chi connectivity index (χ2n) is 3.94. The molecule has 96 valence electrons. The zero-order chi connectivity index (χ0) is 13.3. The highest BCUT2D eigenvalue weighted by molar-refractivity contribution is 6.01. The van der Waals surface area contributed by atoms with Crippen LogP contribution in [0.15, 0.2) is 4.42 Å². The van der Waals surface area contributed by atoms with Gasteiger partial charge in [0.15, 0.2) is 5.89 Å². The second kappa shape index (κ2) is 4.59. The van der Waals surface area contributed by atoms with Gasteiger partial charge in [-0.3, -0.25) is 10.1 Å². The Morgan fingerprint density at radius 3 is 2.61 bits per heavy atom. The van der Waals surface area contributed by atoms with Crippen LogP contribution in [0.25, 0.3) is 0 Å². The Morgan fingerprint density at radius 2 is 2.11 bits per heavy atom. The molecule has 1 N–H and O–H groups in total. The summed E-state index contributed by atoms with van der Waals surface area (Å²) in [5, 5.41) is 6.69. The van der Waals surface area contributed by atoms with Crippen LogP contribution in [-0.2, 0) is 13.5 Å². The van der Waals surface area contributed by atoms with Gasteiger partial charge in [0.05, 0.1) is 5.69 Å². The van der Waals surface area contributed by atoms with Crippen LogP contribution in [0.1, 0.15) is 34.9 Å². The number of hydrogen-bond acceptors (Lipinski definition) is 5. The van der Waals surface area contributed by atoms with Crippen LogP contribution < -0.4 is 5.32 Å². The SMILES string of the molecule is CCc1nc(C)c(C(=O)Nc2nc(C)nn2C)o1. The third-order valence-electron chi connectivity index (χ3n) is 2.44. The van der Waals surface area contributed by atoms with E-state index in [2.05, 4.69) is 20.4 Å². The minimum absolute atomic E-state index is 0.215. The molecule has 2 heterocycles. The summed E-state index contributed by atoms with van der Waals surface area (Å²) in [6.45, 7) is 5.41. The molecule has 7 heteroatoms. The van der Waals surface area contributed by atoms with Crippen molar-refractivity contribution in [3.63, 3.8) is 0 Å². The van der Waals surface area contributed by atoms with Crippen LogP contribution in [0.5, 0.6) is 0 Å². The average molecular weight is 249 g/mol. The smallest absolute Gasteiger partial charge is 0.295 e. The number of oxazole rings is 1. The molecule has 0 saturated carbocycles. The van der Waals surface area contributed by atoms with Crippen LogP contribution in [0, 0.1) is 13.8 Å². The van der Waals surface area contributed by atoms with E-state index < -0.39 is 0 Å². The van der Waals surface area contributed by atoms with Crippen molar-refractivity contribution < 1.29 is 9.21 Å². The van der Waals surface area contributed by atoms with Gasteiger partial charge in [0, 0.05) is 13.5 Å². The van der Waals surface area contributed by atoms with Crippen LogP contribution in [0.2, 0.25) is 0 Å². The predicted octanol–water partition coefficient (Wildman–Crippen LogP) is 1.23. The molecule has 0 bridgehead atoms.